The van der Waals surface area contributed by atoms with Gasteiger partial charge in [0.25, 0.3) is 0 Å². The van der Waals surface area contributed by atoms with Gasteiger partial charge in [-0.1, -0.05) is 18.2 Å². The van der Waals surface area contributed by atoms with E-state index in [-0.39, 0.29) is 5.54 Å². The zero-order valence-corrected chi connectivity index (χ0v) is 13.7. The summed E-state index contributed by atoms with van der Waals surface area (Å²) in [6.07, 6.45) is 0. The molecular formula is C17H24N2OS. The van der Waals surface area contributed by atoms with Gasteiger partial charge in [-0.25, -0.2) is 0 Å². The largest absolute Gasteiger partial charge is 0.379 e. The monoisotopic (exact) mass is 304 g/mol. The highest BCUT2D eigenvalue weighted by Gasteiger charge is 2.27. The highest BCUT2D eigenvalue weighted by Crippen LogP contribution is 2.25. The van der Waals surface area contributed by atoms with Crippen LogP contribution in [0.2, 0.25) is 0 Å². The Morgan fingerprint density at radius 3 is 2.81 bits per heavy atom. The number of hydrogen-bond acceptors (Lipinski definition) is 4. The lowest BCUT2D eigenvalue weighted by atomic mass is 10.0. The lowest BCUT2D eigenvalue weighted by molar-refractivity contribution is -0.00966. The van der Waals surface area contributed by atoms with Crippen LogP contribution in [0.1, 0.15) is 19.4 Å². The molecule has 0 saturated carbocycles. The Hall–Kier alpha value is -0.940. The molecule has 0 amide bonds. The van der Waals surface area contributed by atoms with Gasteiger partial charge < -0.3 is 10.1 Å². The number of rotatable bonds is 5. The van der Waals surface area contributed by atoms with Crippen LogP contribution in [-0.4, -0.2) is 43.3 Å². The molecule has 0 unspecified atom stereocenters. The fourth-order valence-corrected chi connectivity index (χ4v) is 3.92. The Balaban J connectivity index is 1.57. The Labute approximate surface area is 130 Å². The van der Waals surface area contributed by atoms with Gasteiger partial charge in [-0.2, -0.15) is 0 Å². The van der Waals surface area contributed by atoms with E-state index >= 15 is 0 Å². The van der Waals surface area contributed by atoms with E-state index in [1.165, 1.54) is 15.6 Å². The van der Waals surface area contributed by atoms with Gasteiger partial charge in [-0.3, -0.25) is 4.90 Å². The Bertz CT molecular complexity index is 587. The topological polar surface area (TPSA) is 24.5 Å². The van der Waals surface area contributed by atoms with E-state index in [0.717, 1.165) is 39.4 Å². The molecule has 1 fully saturated rings. The summed E-state index contributed by atoms with van der Waals surface area (Å²) in [5.74, 6) is 0. The molecule has 2 aromatic rings. The number of nitrogens with zero attached hydrogens (tertiary/aromatic N) is 1. The van der Waals surface area contributed by atoms with E-state index in [1.54, 1.807) is 0 Å². The average Bonchev–Trinajstić information content (AvgIpc) is 2.92. The second-order valence-electron chi connectivity index (χ2n) is 6.27. The smallest absolute Gasteiger partial charge is 0.0594 e. The number of ether oxygens (including phenoxy) is 1. The highest BCUT2D eigenvalue weighted by molar-refractivity contribution is 7.17. The molecule has 1 saturated heterocycles. The molecule has 4 heteroatoms. The van der Waals surface area contributed by atoms with Crippen molar-refractivity contribution in [2.45, 2.75) is 25.9 Å². The molecule has 1 aliphatic rings. The lowest BCUT2D eigenvalue weighted by Crippen LogP contribution is -2.54. The van der Waals surface area contributed by atoms with E-state index in [0.29, 0.717) is 0 Å². The molecule has 114 valence electrons. The average molecular weight is 304 g/mol. The third-order valence-corrected chi connectivity index (χ3v) is 5.31. The minimum Gasteiger partial charge on any atom is -0.379 e. The molecule has 1 N–H and O–H groups in total. The third kappa shape index (κ3) is 3.46. The quantitative estimate of drug-likeness (QED) is 0.918. The van der Waals surface area contributed by atoms with Crippen LogP contribution in [0, 0.1) is 0 Å². The number of benzene rings is 1. The maximum atomic E-state index is 5.45. The van der Waals surface area contributed by atoms with Crippen molar-refractivity contribution in [3.05, 3.63) is 35.2 Å². The van der Waals surface area contributed by atoms with E-state index in [9.17, 15) is 0 Å². The number of nitrogens with one attached hydrogen (secondary N) is 1. The Morgan fingerprint density at radius 1 is 1.24 bits per heavy atom. The van der Waals surface area contributed by atoms with Crippen LogP contribution in [-0.2, 0) is 11.3 Å². The van der Waals surface area contributed by atoms with E-state index in [1.807, 2.05) is 11.3 Å². The van der Waals surface area contributed by atoms with Crippen molar-refractivity contribution in [1.29, 1.82) is 0 Å². The van der Waals surface area contributed by atoms with Crippen LogP contribution < -0.4 is 5.32 Å². The molecule has 0 bridgehead atoms. The summed E-state index contributed by atoms with van der Waals surface area (Å²) in [7, 11) is 0. The first-order chi connectivity index (χ1) is 10.2. The van der Waals surface area contributed by atoms with Gasteiger partial charge in [0.2, 0.25) is 0 Å². The minimum atomic E-state index is 0.176. The number of thiophene rings is 1. The van der Waals surface area contributed by atoms with E-state index in [4.69, 9.17) is 4.74 Å². The lowest BCUT2D eigenvalue weighted by Gasteiger charge is -2.41. The summed E-state index contributed by atoms with van der Waals surface area (Å²) in [4.78, 5) is 2.52. The summed E-state index contributed by atoms with van der Waals surface area (Å²) >= 11 is 1.83. The molecule has 1 aromatic carbocycles. The first-order valence-corrected chi connectivity index (χ1v) is 8.53. The predicted molar refractivity (Wildman–Crippen MR) is 90.0 cm³/mol. The summed E-state index contributed by atoms with van der Waals surface area (Å²) in [6.45, 7) is 10.4. The van der Waals surface area contributed by atoms with Crippen LogP contribution in [0.5, 0.6) is 0 Å². The fraction of sp³-hybridized carbons (Fsp3) is 0.529. The molecule has 1 aromatic heterocycles. The fourth-order valence-electron chi connectivity index (χ4n) is 2.95. The maximum absolute atomic E-state index is 5.45. The Morgan fingerprint density at radius 2 is 2.00 bits per heavy atom. The van der Waals surface area contributed by atoms with Crippen LogP contribution in [0.3, 0.4) is 0 Å². The zero-order chi connectivity index (χ0) is 14.7. The molecule has 0 spiro atoms. The number of fused-ring (bicyclic) bond motifs is 1. The van der Waals surface area contributed by atoms with Gasteiger partial charge in [-0.15, -0.1) is 11.3 Å². The van der Waals surface area contributed by atoms with Gasteiger partial charge in [0.05, 0.1) is 13.2 Å². The van der Waals surface area contributed by atoms with Crippen molar-refractivity contribution < 1.29 is 4.74 Å². The van der Waals surface area contributed by atoms with Gasteiger partial charge in [0.1, 0.15) is 0 Å². The maximum Gasteiger partial charge on any atom is 0.0594 e. The van der Waals surface area contributed by atoms with Crippen LogP contribution in [0.4, 0.5) is 0 Å². The van der Waals surface area contributed by atoms with Crippen molar-refractivity contribution in [2.75, 3.05) is 32.8 Å². The third-order valence-electron chi connectivity index (χ3n) is 4.30. The van der Waals surface area contributed by atoms with Gasteiger partial charge >= 0.3 is 0 Å². The Kier molecular flexibility index (Phi) is 4.60. The van der Waals surface area contributed by atoms with Crippen molar-refractivity contribution in [2.24, 2.45) is 0 Å². The van der Waals surface area contributed by atoms with Crippen LogP contribution in [0.15, 0.2) is 29.6 Å². The summed E-state index contributed by atoms with van der Waals surface area (Å²) < 4.78 is 6.82. The second kappa shape index (κ2) is 6.44. The predicted octanol–water partition coefficient (Wildman–Crippen LogP) is 3.10. The first-order valence-electron chi connectivity index (χ1n) is 7.65. The molecule has 1 aliphatic heterocycles. The van der Waals surface area contributed by atoms with Crippen molar-refractivity contribution in [1.82, 2.24) is 10.2 Å². The minimum absolute atomic E-state index is 0.176. The standard InChI is InChI=1S/C17H24N2OS/c1-17(2,19-7-9-20-10-8-19)13-18-11-14-12-21-16-6-4-3-5-15(14)16/h3-6,12,18H,7-11,13H2,1-2H3. The molecule has 0 radical (unpaired) electrons. The van der Waals surface area contributed by atoms with E-state index in [2.05, 4.69) is 53.7 Å². The summed E-state index contributed by atoms with van der Waals surface area (Å²) in [5.41, 5.74) is 1.59. The van der Waals surface area contributed by atoms with Gasteiger partial charge in [0.15, 0.2) is 0 Å². The van der Waals surface area contributed by atoms with E-state index < -0.39 is 0 Å². The summed E-state index contributed by atoms with van der Waals surface area (Å²) in [6, 6.07) is 8.64. The second-order valence-corrected chi connectivity index (χ2v) is 7.18. The van der Waals surface area contributed by atoms with Crippen molar-refractivity contribution >= 4 is 21.4 Å². The normalized spacial score (nSPS) is 17.4. The molecular weight excluding hydrogens is 280 g/mol. The number of hydrogen-bond donors (Lipinski definition) is 1. The van der Waals surface area contributed by atoms with Gasteiger partial charge in [-0.05, 0) is 36.2 Å². The highest BCUT2D eigenvalue weighted by atomic mass is 32.1. The molecule has 0 aliphatic carbocycles. The molecule has 3 nitrogen and oxygen atoms in total. The van der Waals surface area contributed by atoms with Crippen molar-refractivity contribution in [3.63, 3.8) is 0 Å². The summed E-state index contributed by atoms with van der Waals surface area (Å²) in [5, 5.41) is 7.31. The van der Waals surface area contributed by atoms with Crippen LogP contribution >= 0.6 is 11.3 Å². The SMILES string of the molecule is CC(C)(CNCc1csc2ccccc12)N1CCOCC1. The molecule has 3 rings (SSSR count). The molecule has 2 heterocycles. The zero-order valence-electron chi connectivity index (χ0n) is 12.9. The molecule has 21 heavy (non-hydrogen) atoms. The first kappa shape index (κ1) is 15.0. The molecule has 0 atom stereocenters. The van der Waals surface area contributed by atoms with Crippen molar-refractivity contribution in [3.8, 4) is 0 Å². The number of morpholine rings is 1. The van der Waals surface area contributed by atoms with Gasteiger partial charge in [0, 0.05) is 36.4 Å². The van der Waals surface area contributed by atoms with Crippen LogP contribution in [0.25, 0.3) is 10.1 Å².